The SMILES string of the molecule is N#CCCCOc1cc(OCc2cccc(-c3cccc4c3cnn4CCCCN3CC[C@@H](O)C3)c2Br)c(Cl)cc1CN[C@@H](CO)C(=O)O. The molecule has 3 aromatic carbocycles. The highest BCUT2D eigenvalue weighted by molar-refractivity contribution is 9.10. The maximum absolute atomic E-state index is 11.4. The van der Waals surface area contributed by atoms with Crippen LogP contribution in [0.4, 0.5) is 0 Å². The third-order valence-electron chi connectivity index (χ3n) is 8.61. The van der Waals surface area contributed by atoms with Crippen LogP contribution in [0.1, 0.15) is 43.2 Å². The van der Waals surface area contributed by atoms with Crippen LogP contribution in [0.5, 0.6) is 11.5 Å². The number of likely N-dealkylation sites (tertiary alicyclic amines) is 1. The predicted molar refractivity (Wildman–Crippen MR) is 191 cm³/mol. The number of aromatic nitrogens is 2. The Morgan fingerprint density at radius 3 is 2.65 bits per heavy atom. The molecule has 4 aromatic rings. The number of hydrogen-bond acceptors (Lipinski definition) is 9. The lowest BCUT2D eigenvalue weighted by Crippen LogP contribution is -2.39. The van der Waals surface area contributed by atoms with Gasteiger partial charge in [0.05, 0.1) is 42.1 Å². The quantitative estimate of drug-likeness (QED) is 0.0923. The summed E-state index contributed by atoms with van der Waals surface area (Å²) in [4.78, 5) is 13.7. The summed E-state index contributed by atoms with van der Waals surface area (Å²) in [7, 11) is 0. The van der Waals surface area contributed by atoms with Gasteiger partial charge in [0.1, 0.15) is 24.1 Å². The summed E-state index contributed by atoms with van der Waals surface area (Å²) in [6.45, 7) is 3.55. The van der Waals surface area contributed by atoms with Gasteiger partial charge in [0, 0.05) is 59.7 Å². The molecule has 0 radical (unpaired) electrons. The van der Waals surface area contributed by atoms with Crippen LogP contribution in [0, 0.1) is 11.3 Å². The van der Waals surface area contributed by atoms with Crippen molar-refractivity contribution in [3.8, 4) is 28.7 Å². The van der Waals surface area contributed by atoms with Crippen LogP contribution in [-0.4, -0.2) is 81.0 Å². The normalized spacial score (nSPS) is 15.4. The van der Waals surface area contributed by atoms with Crippen molar-refractivity contribution in [2.24, 2.45) is 0 Å². The highest BCUT2D eigenvalue weighted by Crippen LogP contribution is 2.38. The lowest BCUT2D eigenvalue weighted by molar-refractivity contribution is -0.140. The predicted octanol–water partition coefficient (Wildman–Crippen LogP) is 5.76. The first-order valence-electron chi connectivity index (χ1n) is 16.4. The van der Waals surface area contributed by atoms with Crippen molar-refractivity contribution in [1.82, 2.24) is 20.0 Å². The van der Waals surface area contributed by atoms with Crippen LogP contribution < -0.4 is 14.8 Å². The number of nitrogens with one attached hydrogen (secondary N) is 1. The Kier molecular flexibility index (Phi) is 13.3. The first kappa shape index (κ1) is 36.6. The van der Waals surface area contributed by atoms with Crippen molar-refractivity contribution in [3.05, 3.63) is 75.4 Å². The monoisotopic (exact) mass is 753 g/mol. The molecule has 1 aliphatic heterocycles. The molecule has 1 saturated heterocycles. The van der Waals surface area contributed by atoms with E-state index in [-0.39, 0.29) is 25.9 Å². The molecule has 13 heteroatoms. The largest absolute Gasteiger partial charge is 0.493 e. The molecular weight excluding hydrogens is 714 g/mol. The minimum absolute atomic E-state index is 0.0877. The number of hydrogen-bond donors (Lipinski definition) is 4. The Morgan fingerprint density at radius 2 is 1.90 bits per heavy atom. The van der Waals surface area contributed by atoms with Gasteiger partial charge < -0.3 is 29.7 Å². The zero-order chi connectivity index (χ0) is 34.8. The van der Waals surface area contributed by atoms with Gasteiger partial charge in [-0.3, -0.25) is 14.8 Å². The van der Waals surface area contributed by atoms with Gasteiger partial charge in [-0.1, -0.05) is 41.9 Å². The Labute approximate surface area is 299 Å². The van der Waals surface area contributed by atoms with Crippen molar-refractivity contribution in [3.63, 3.8) is 0 Å². The molecule has 4 N–H and O–H groups in total. The molecule has 1 aromatic heterocycles. The van der Waals surface area contributed by atoms with E-state index in [2.05, 4.69) is 55.1 Å². The van der Waals surface area contributed by atoms with Gasteiger partial charge in [-0.15, -0.1) is 0 Å². The number of benzene rings is 3. The zero-order valence-electron chi connectivity index (χ0n) is 27.2. The molecule has 2 heterocycles. The number of aliphatic carboxylic acids is 1. The molecule has 0 saturated carbocycles. The molecule has 2 atom stereocenters. The smallest absolute Gasteiger partial charge is 0.323 e. The number of halogens is 2. The third kappa shape index (κ3) is 9.51. The molecule has 0 bridgehead atoms. The fraction of sp³-hybridized carbons (Fsp3) is 0.417. The zero-order valence-corrected chi connectivity index (χ0v) is 29.5. The van der Waals surface area contributed by atoms with Crippen molar-refractivity contribution < 1.29 is 29.6 Å². The first-order chi connectivity index (χ1) is 23.8. The number of aliphatic hydroxyl groups is 2. The number of nitrogens with zero attached hydrogens (tertiary/aromatic N) is 4. The van der Waals surface area contributed by atoms with E-state index in [1.54, 1.807) is 12.1 Å². The van der Waals surface area contributed by atoms with Crippen LogP contribution in [0.15, 0.2) is 59.2 Å². The van der Waals surface area contributed by atoms with Crippen LogP contribution in [0.2, 0.25) is 5.02 Å². The molecule has 11 nitrogen and oxygen atoms in total. The number of rotatable bonds is 18. The van der Waals surface area contributed by atoms with Crippen molar-refractivity contribution >= 4 is 44.4 Å². The van der Waals surface area contributed by atoms with E-state index in [9.17, 15) is 20.1 Å². The molecule has 0 aliphatic carbocycles. The van der Waals surface area contributed by atoms with Crippen molar-refractivity contribution in [1.29, 1.82) is 5.26 Å². The molecule has 1 fully saturated rings. The van der Waals surface area contributed by atoms with Gasteiger partial charge in [-0.25, -0.2) is 0 Å². The Hall–Kier alpha value is -3.70. The summed E-state index contributed by atoms with van der Waals surface area (Å²) >= 11 is 10.5. The maximum Gasteiger partial charge on any atom is 0.323 e. The van der Waals surface area contributed by atoms with Crippen LogP contribution >= 0.6 is 27.5 Å². The molecule has 1 aliphatic rings. The van der Waals surface area contributed by atoms with E-state index in [4.69, 9.17) is 31.4 Å². The number of β-amino-alcohol motifs (C(OH)–C–C–N with tert-alkyl or cyclic N) is 1. The number of fused-ring (bicyclic) bond motifs is 1. The fourth-order valence-electron chi connectivity index (χ4n) is 5.94. The number of carboxylic acid groups (broad SMARTS) is 1. The Morgan fingerprint density at radius 1 is 1.10 bits per heavy atom. The number of aliphatic hydroxyl groups excluding tert-OH is 2. The fourth-order valence-corrected chi connectivity index (χ4v) is 6.77. The molecule has 0 spiro atoms. The standard InChI is InChI=1S/C36H41BrClN5O6/c37-35-24(23-49-34-18-33(48-16-4-1-12-39)25(17-30(34)38)19-40-31(22-44)36(46)47)7-5-9-28(35)27-8-6-10-32-29(27)20-41-43(32)14-3-2-13-42-15-11-26(45)21-42/h5-10,17-18,20,26,31,40,44-45H,1-4,11,13-16,19,21-23H2,(H,46,47)/t26-,31+/m1/s1. The number of unbranched alkanes of at least 4 members (excludes halogenated alkanes) is 2. The van der Waals surface area contributed by atoms with Gasteiger partial charge in [0.15, 0.2) is 0 Å². The second-order valence-electron chi connectivity index (χ2n) is 12.1. The topological polar surface area (TPSA) is 153 Å². The van der Waals surface area contributed by atoms with Gasteiger partial charge in [0.25, 0.3) is 0 Å². The van der Waals surface area contributed by atoms with E-state index in [0.29, 0.717) is 34.9 Å². The Balaban J connectivity index is 1.29. The summed E-state index contributed by atoms with van der Waals surface area (Å²) in [6.07, 6.45) is 5.50. The molecule has 5 rings (SSSR count). The van der Waals surface area contributed by atoms with E-state index in [1.807, 2.05) is 24.4 Å². The van der Waals surface area contributed by atoms with Crippen molar-refractivity contribution in [2.75, 3.05) is 32.8 Å². The number of aryl methyl sites for hydroxylation is 1. The summed E-state index contributed by atoms with van der Waals surface area (Å²) in [5.74, 6) is -0.341. The maximum atomic E-state index is 11.4. The minimum atomic E-state index is -1.17. The van der Waals surface area contributed by atoms with E-state index in [1.165, 1.54) is 0 Å². The number of ether oxygens (including phenoxy) is 2. The Bertz CT molecular complexity index is 1780. The molecule has 49 heavy (non-hydrogen) atoms. The highest BCUT2D eigenvalue weighted by atomic mass is 79.9. The lowest BCUT2D eigenvalue weighted by Gasteiger charge is -2.18. The van der Waals surface area contributed by atoms with Gasteiger partial charge >= 0.3 is 5.97 Å². The molecular formula is C36H41BrClN5O6. The van der Waals surface area contributed by atoms with Gasteiger partial charge in [-0.2, -0.15) is 10.4 Å². The second kappa shape index (κ2) is 17.8. The lowest BCUT2D eigenvalue weighted by atomic mass is 10.00. The van der Waals surface area contributed by atoms with E-state index < -0.39 is 18.6 Å². The number of carbonyl (C=O) groups is 1. The molecule has 0 unspecified atom stereocenters. The van der Waals surface area contributed by atoms with Crippen LogP contribution in [0.25, 0.3) is 22.0 Å². The number of nitriles is 1. The van der Waals surface area contributed by atoms with E-state index >= 15 is 0 Å². The average molecular weight is 755 g/mol. The minimum Gasteiger partial charge on any atom is -0.493 e. The first-order valence-corrected chi connectivity index (χ1v) is 17.6. The van der Waals surface area contributed by atoms with Crippen LogP contribution in [-0.2, 0) is 24.5 Å². The molecule has 260 valence electrons. The van der Waals surface area contributed by atoms with Crippen molar-refractivity contribution in [2.45, 2.75) is 63.9 Å². The summed E-state index contributed by atoms with van der Waals surface area (Å²) < 4.78 is 15.1. The highest BCUT2D eigenvalue weighted by Gasteiger charge is 2.20. The van der Waals surface area contributed by atoms with Gasteiger partial charge in [0.2, 0.25) is 0 Å². The average Bonchev–Trinajstić information content (AvgIpc) is 3.71. The summed E-state index contributed by atoms with van der Waals surface area (Å²) in [5, 5.41) is 46.3. The van der Waals surface area contributed by atoms with Gasteiger partial charge in [-0.05, 0) is 71.4 Å². The second-order valence-corrected chi connectivity index (χ2v) is 13.3. The van der Waals surface area contributed by atoms with Crippen LogP contribution in [0.3, 0.4) is 0 Å². The summed E-state index contributed by atoms with van der Waals surface area (Å²) in [6, 6.07) is 16.5. The van der Waals surface area contributed by atoms with E-state index in [0.717, 1.165) is 77.5 Å². The third-order valence-corrected chi connectivity index (χ3v) is 9.84. The number of carboxylic acids is 1. The summed E-state index contributed by atoms with van der Waals surface area (Å²) in [5.41, 5.74) is 4.62. The molecule has 0 amide bonds.